The number of hydrogen-bond acceptors (Lipinski definition) is 5. The molecule has 0 aliphatic carbocycles. The number of esters is 1. The van der Waals surface area contributed by atoms with E-state index in [4.69, 9.17) is 4.74 Å². The summed E-state index contributed by atoms with van der Waals surface area (Å²) in [5.41, 5.74) is 3.65. The fourth-order valence-corrected chi connectivity index (χ4v) is 3.64. The molecule has 1 aromatic carbocycles. The first-order valence-electron chi connectivity index (χ1n) is 11.0. The lowest BCUT2D eigenvalue weighted by molar-refractivity contribution is -0.142. The summed E-state index contributed by atoms with van der Waals surface area (Å²) in [6, 6.07) is 9.91. The van der Waals surface area contributed by atoms with Crippen molar-refractivity contribution < 1.29 is 27.5 Å². The Balaban J connectivity index is 1.87. The Morgan fingerprint density at radius 3 is 2.40 bits per heavy atom. The van der Waals surface area contributed by atoms with Crippen molar-refractivity contribution in [2.24, 2.45) is 0 Å². The van der Waals surface area contributed by atoms with Crippen LogP contribution in [0.15, 0.2) is 55.0 Å². The number of hydrogen-bond donors (Lipinski definition) is 0. The highest BCUT2D eigenvalue weighted by Crippen LogP contribution is 2.29. The first-order chi connectivity index (χ1) is 16.6. The molecule has 0 spiro atoms. The highest BCUT2D eigenvalue weighted by atomic mass is 19.4. The van der Waals surface area contributed by atoms with E-state index in [1.54, 1.807) is 24.2 Å². The fraction of sp³-hybridized carbons (Fsp3) is 0.308. The number of ether oxygens (including phenoxy) is 1. The zero-order valence-electron chi connectivity index (χ0n) is 19.7. The zero-order valence-corrected chi connectivity index (χ0v) is 19.7. The second-order valence-electron chi connectivity index (χ2n) is 8.15. The molecule has 3 rings (SSSR count). The third-order valence-corrected chi connectivity index (χ3v) is 5.32. The number of rotatable bonds is 8. The summed E-state index contributed by atoms with van der Waals surface area (Å²) >= 11 is 0. The van der Waals surface area contributed by atoms with Crippen LogP contribution in [0.5, 0.6) is 0 Å². The number of carbonyl (C=O) groups excluding carboxylic acids is 2. The number of amides is 1. The Morgan fingerprint density at radius 2 is 1.77 bits per heavy atom. The molecule has 0 unspecified atom stereocenters. The Hall–Kier alpha value is -3.75. The van der Waals surface area contributed by atoms with Gasteiger partial charge in [0.15, 0.2) is 0 Å². The highest BCUT2D eigenvalue weighted by molar-refractivity contribution is 5.75. The van der Waals surface area contributed by atoms with E-state index in [1.807, 2.05) is 31.2 Å². The van der Waals surface area contributed by atoms with Crippen molar-refractivity contribution in [2.75, 3.05) is 6.61 Å². The van der Waals surface area contributed by atoms with Gasteiger partial charge in [-0.05, 0) is 48.2 Å². The molecule has 0 bridgehead atoms. The Kier molecular flexibility index (Phi) is 8.22. The molecule has 3 aromatic rings. The van der Waals surface area contributed by atoms with Crippen LogP contribution in [0.2, 0.25) is 0 Å². The summed E-state index contributed by atoms with van der Waals surface area (Å²) < 4.78 is 43.5. The molecule has 0 saturated carbocycles. The molecule has 35 heavy (non-hydrogen) atoms. The molecule has 0 aliphatic heterocycles. The van der Waals surface area contributed by atoms with Gasteiger partial charge in [0, 0.05) is 44.2 Å². The minimum atomic E-state index is -4.52. The van der Waals surface area contributed by atoms with E-state index in [-0.39, 0.29) is 31.4 Å². The van der Waals surface area contributed by atoms with Crippen LogP contribution in [-0.2, 0) is 40.0 Å². The largest absolute Gasteiger partial charge is 0.466 e. The lowest BCUT2D eigenvalue weighted by atomic mass is 9.97. The molecule has 0 aliphatic rings. The Morgan fingerprint density at radius 1 is 1.00 bits per heavy atom. The van der Waals surface area contributed by atoms with Crippen molar-refractivity contribution in [1.82, 2.24) is 14.9 Å². The van der Waals surface area contributed by atoms with E-state index in [1.165, 1.54) is 13.0 Å². The quantitative estimate of drug-likeness (QED) is 0.414. The molecule has 0 fully saturated rings. The van der Waals surface area contributed by atoms with Crippen molar-refractivity contribution >= 4 is 11.9 Å². The zero-order chi connectivity index (χ0) is 25.6. The van der Waals surface area contributed by atoms with Gasteiger partial charge in [0.05, 0.1) is 13.0 Å². The third kappa shape index (κ3) is 7.11. The maximum absolute atomic E-state index is 12.8. The van der Waals surface area contributed by atoms with Gasteiger partial charge in [-0.3, -0.25) is 19.6 Å². The third-order valence-electron chi connectivity index (χ3n) is 5.32. The van der Waals surface area contributed by atoms with Crippen LogP contribution in [0.3, 0.4) is 0 Å². The molecule has 9 heteroatoms. The standard InChI is InChI=1S/C26H26F3N3O3/c1-4-35-25(34)11-20-10-21(14-30-12-20)23-7-5-17(2)9-22(23)16-32(18(3)33)15-19-6-8-24(31-13-19)26(27,28)29/h5-10,12-14H,4,11,15-16H2,1-3H3. The summed E-state index contributed by atoms with van der Waals surface area (Å²) in [6.45, 7) is 5.72. The summed E-state index contributed by atoms with van der Waals surface area (Å²) in [7, 11) is 0. The van der Waals surface area contributed by atoms with Crippen molar-refractivity contribution in [3.05, 3.63) is 82.9 Å². The molecule has 184 valence electrons. The number of pyridine rings is 2. The number of carbonyl (C=O) groups is 2. The van der Waals surface area contributed by atoms with Gasteiger partial charge in [0.1, 0.15) is 5.69 Å². The van der Waals surface area contributed by atoms with Crippen molar-refractivity contribution in [3.8, 4) is 11.1 Å². The average Bonchev–Trinajstić information content (AvgIpc) is 2.79. The number of benzene rings is 1. The van der Waals surface area contributed by atoms with Gasteiger partial charge in [0.2, 0.25) is 5.91 Å². The summed E-state index contributed by atoms with van der Waals surface area (Å²) in [4.78, 5) is 33.6. The van der Waals surface area contributed by atoms with Gasteiger partial charge in [-0.1, -0.05) is 29.8 Å². The van der Waals surface area contributed by atoms with E-state index in [0.717, 1.165) is 34.5 Å². The van der Waals surface area contributed by atoms with Crippen LogP contribution in [0.1, 0.15) is 41.8 Å². The number of aryl methyl sites for hydroxylation is 1. The SMILES string of the molecule is CCOC(=O)Cc1cncc(-c2ccc(C)cc2CN(Cc2ccc(C(F)(F)F)nc2)C(C)=O)c1. The second kappa shape index (κ2) is 11.1. The van der Waals surface area contributed by atoms with Gasteiger partial charge in [-0.15, -0.1) is 0 Å². The molecule has 2 heterocycles. The summed E-state index contributed by atoms with van der Waals surface area (Å²) in [5.74, 6) is -0.574. The molecular weight excluding hydrogens is 459 g/mol. The fourth-order valence-electron chi connectivity index (χ4n) is 3.64. The Bertz CT molecular complexity index is 1190. The van der Waals surface area contributed by atoms with Gasteiger partial charge >= 0.3 is 12.1 Å². The van der Waals surface area contributed by atoms with Crippen LogP contribution in [-0.4, -0.2) is 33.4 Å². The maximum atomic E-state index is 12.8. The molecule has 6 nitrogen and oxygen atoms in total. The van der Waals surface area contributed by atoms with Gasteiger partial charge in [-0.2, -0.15) is 13.2 Å². The van der Waals surface area contributed by atoms with E-state index < -0.39 is 11.9 Å². The minimum Gasteiger partial charge on any atom is -0.466 e. The molecule has 1 amide bonds. The van der Waals surface area contributed by atoms with Crippen LogP contribution in [0.25, 0.3) is 11.1 Å². The lowest BCUT2D eigenvalue weighted by Gasteiger charge is -2.23. The number of halogens is 3. The normalized spacial score (nSPS) is 11.3. The number of nitrogens with zero attached hydrogens (tertiary/aromatic N) is 3. The first kappa shape index (κ1) is 25.9. The molecule has 0 atom stereocenters. The first-order valence-corrected chi connectivity index (χ1v) is 11.0. The number of alkyl halides is 3. The summed E-state index contributed by atoms with van der Waals surface area (Å²) in [5, 5.41) is 0. The molecule has 0 saturated heterocycles. The van der Waals surface area contributed by atoms with E-state index >= 15 is 0 Å². The minimum absolute atomic E-state index is 0.0936. The van der Waals surface area contributed by atoms with Crippen LogP contribution in [0.4, 0.5) is 13.2 Å². The Labute approximate surface area is 201 Å². The van der Waals surface area contributed by atoms with Crippen LogP contribution in [0, 0.1) is 6.92 Å². The summed E-state index contributed by atoms with van der Waals surface area (Å²) in [6.07, 6.45) is -0.00531. The average molecular weight is 486 g/mol. The molecule has 0 N–H and O–H groups in total. The molecule has 2 aromatic heterocycles. The maximum Gasteiger partial charge on any atom is 0.433 e. The van der Waals surface area contributed by atoms with Gasteiger partial charge in [-0.25, -0.2) is 0 Å². The van der Waals surface area contributed by atoms with Gasteiger partial charge < -0.3 is 9.64 Å². The van der Waals surface area contributed by atoms with Crippen molar-refractivity contribution in [1.29, 1.82) is 0 Å². The molecular formula is C26H26F3N3O3. The van der Waals surface area contributed by atoms with E-state index in [9.17, 15) is 22.8 Å². The number of aromatic nitrogens is 2. The van der Waals surface area contributed by atoms with Crippen molar-refractivity contribution in [2.45, 2.75) is 46.5 Å². The van der Waals surface area contributed by atoms with E-state index in [2.05, 4.69) is 9.97 Å². The predicted molar refractivity (Wildman–Crippen MR) is 124 cm³/mol. The topological polar surface area (TPSA) is 72.4 Å². The van der Waals surface area contributed by atoms with Crippen LogP contribution >= 0.6 is 0 Å². The van der Waals surface area contributed by atoms with E-state index in [0.29, 0.717) is 17.7 Å². The second-order valence-corrected chi connectivity index (χ2v) is 8.15. The van der Waals surface area contributed by atoms with Gasteiger partial charge in [0.25, 0.3) is 0 Å². The predicted octanol–water partition coefficient (Wildman–Crippen LogP) is 5.13. The van der Waals surface area contributed by atoms with Crippen molar-refractivity contribution in [3.63, 3.8) is 0 Å². The van der Waals surface area contributed by atoms with Crippen LogP contribution < -0.4 is 0 Å². The smallest absolute Gasteiger partial charge is 0.433 e. The highest BCUT2D eigenvalue weighted by Gasteiger charge is 2.32. The monoisotopic (exact) mass is 485 g/mol. The lowest BCUT2D eigenvalue weighted by Crippen LogP contribution is -2.28. The molecule has 0 radical (unpaired) electrons.